The lowest BCUT2D eigenvalue weighted by Gasteiger charge is -2.07. The highest BCUT2D eigenvalue weighted by molar-refractivity contribution is 9.10. The normalized spacial score (nSPS) is 9.79. The molecule has 1 aromatic rings. The first-order valence-corrected chi connectivity index (χ1v) is 4.85. The standard InChI is InChI=1S/C9H11BrN2O2/c10-7-2-1-6(11)5-8(7)14-4-3-9(12)13/h1-2,5H,3-4,11H2,(H2,12,13). The molecular formula is C9H11BrN2O2. The van der Waals surface area contributed by atoms with Crippen LogP contribution < -0.4 is 16.2 Å². The predicted octanol–water partition coefficient (Wildman–Crippen LogP) is 1.29. The molecule has 1 amide bonds. The van der Waals surface area contributed by atoms with Gasteiger partial charge in [-0.2, -0.15) is 0 Å². The summed E-state index contributed by atoms with van der Waals surface area (Å²) in [5.74, 6) is 0.233. The second kappa shape index (κ2) is 4.85. The van der Waals surface area contributed by atoms with Crippen molar-refractivity contribution in [3.05, 3.63) is 22.7 Å². The van der Waals surface area contributed by atoms with E-state index in [1.165, 1.54) is 0 Å². The molecule has 5 heteroatoms. The van der Waals surface area contributed by atoms with Gasteiger partial charge in [0.1, 0.15) is 5.75 Å². The van der Waals surface area contributed by atoms with Crippen LogP contribution in [-0.4, -0.2) is 12.5 Å². The number of halogens is 1. The van der Waals surface area contributed by atoms with Crippen molar-refractivity contribution in [1.29, 1.82) is 0 Å². The number of anilines is 1. The van der Waals surface area contributed by atoms with Gasteiger partial charge in [-0.05, 0) is 28.1 Å². The van der Waals surface area contributed by atoms with Crippen LogP contribution in [0.2, 0.25) is 0 Å². The Kier molecular flexibility index (Phi) is 3.76. The number of carbonyl (C=O) groups is 1. The SMILES string of the molecule is NC(=O)CCOc1cc(N)ccc1Br. The maximum atomic E-state index is 10.4. The van der Waals surface area contributed by atoms with E-state index in [2.05, 4.69) is 15.9 Å². The van der Waals surface area contributed by atoms with E-state index in [0.29, 0.717) is 11.4 Å². The van der Waals surface area contributed by atoms with Crippen molar-refractivity contribution in [3.8, 4) is 5.75 Å². The molecule has 0 saturated carbocycles. The maximum absolute atomic E-state index is 10.4. The van der Waals surface area contributed by atoms with Gasteiger partial charge in [-0.25, -0.2) is 0 Å². The minimum Gasteiger partial charge on any atom is -0.492 e. The zero-order valence-electron chi connectivity index (χ0n) is 7.50. The van der Waals surface area contributed by atoms with E-state index in [4.69, 9.17) is 16.2 Å². The number of nitrogen functional groups attached to an aromatic ring is 1. The smallest absolute Gasteiger partial charge is 0.220 e. The molecule has 4 N–H and O–H groups in total. The number of hydrogen-bond acceptors (Lipinski definition) is 3. The molecule has 0 aliphatic heterocycles. The van der Waals surface area contributed by atoms with Gasteiger partial charge in [0.2, 0.25) is 5.91 Å². The van der Waals surface area contributed by atoms with Gasteiger partial charge in [-0.15, -0.1) is 0 Å². The average molecular weight is 259 g/mol. The molecule has 1 rings (SSSR count). The molecule has 0 aliphatic carbocycles. The van der Waals surface area contributed by atoms with Gasteiger partial charge in [-0.1, -0.05) is 0 Å². The van der Waals surface area contributed by atoms with Crippen LogP contribution in [0, 0.1) is 0 Å². The van der Waals surface area contributed by atoms with E-state index >= 15 is 0 Å². The van der Waals surface area contributed by atoms with Crippen LogP contribution in [0.25, 0.3) is 0 Å². The molecule has 0 radical (unpaired) electrons. The quantitative estimate of drug-likeness (QED) is 0.799. The van der Waals surface area contributed by atoms with Gasteiger partial charge in [0.05, 0.1) is 17.5 Å². The summed E-state index contributed by atoms with van der Waals surface area (Å²) in [6.45, 7) is 0.261. The maximum Gasteiger partial charge on any atom is 0.220 e. The Hall–Kier alpha value is -1.23. The van der Waals surface area contributed by atoms with Crippen molar-refractivity contribution >= 4 is 27.5 Å². The molecule has 0 aromatic heterocycles. The van der Waals surface area contributed by atoms with Gasteiger partial charge in [0, 0.05) is 11.8 Å². The summed E-state index contributed by atoms with van der Waals surface area (Å²) in [6, 6.07) is 5.23. The van der Waals surface area contributed by atoms with Crippen molar-refractivity contribution in [1.82, 2.24) is 0 Å². The van der Waals surface area contributed by atoms with Crippen molar-refractivity contribution in [2.75, 3.05) is 12.3 Å². The van der Waals surface area contributed by atoms with E-state index in [1.807, 2.05) is 0 Å². The van der Waals surface area contributed by atoms with Crippen LogP contribution in [-0.2, 0) is 4.79 Å². The van der Waals surface area contributed by atoms with Crippen molar-refractivity contribution in [2.24, 2.45) is 5.73 Å². The summed E-state index contributed by atoms with van der Waals surface area (Å²) in [5.41, 5.74) is 11.1. The van der Waals surface area contributed by atoms with E-state index < -0.39 is 0 Å². The number of nitrogens with two attached hydrogens (primary N) is 2. The molecule has 0 heterocycles. The van der Waals surface area contributed by atoms with Crippen LogP contribution in [0.1, 0.15) is 6.42 Å². The largest absolute Gasteiger partial charge is 0.492 e. The third-order valence-electron chi connectivity index (χ3n) is 1.56. The van der Waals surface area contributed by atoms with Crippen LogP contribution in [0.4, 0.5) is 5.69 Å². The Morgan fingerprint density at radius 3 is 2.86 bits per heavy atom. The lowest BCUT2D eigenvalue weighted by Crippen LogP contribution is -2.14. The molecule has 0 atom stereocenters. The summed E-state index contributed by atoms with van der Waals surface area (Å²) in [6.07, 6.45) is 0.196. The number of primary amides is 1. The van der Waals surface area contributed by atoms with Gasteiger partial charge < -0.3 is 16.2 Å². The number of hydrogen-bond donors (Lipinski definition) is 2. The third kappa shape index (κ3) is 3.26. The highest BCUT2D eigenvalue weighted by Gasteiger charge is 2.02. The fourth-order valence-electron chi connectivity index (χ4n) is 0.892. The topological polar surface area (TPSA) is 78.3 Å². The average Bonchev–Trinajstić information content (AvgIpc) is 2.10. The molecular weight excluding hydrogens is 248 g/mol. The molecule has 0 saturated heterocycles. The molecule has 14 heavy (non-hydrogen) atoms. The molecule has 1 aromatic carbocycles. The van der Waals surface area contributed by atoms with Crippen LogP contribution >= 0.6 is 15.9 Å². The Morgan fingerprint density at radius 2 is 2.21 bits per heavy atom. The minimum absolute atomic E-state index is 0.196. The number of ether oxygens (including phenoxy) is 1. The number of rotatable bonds is 4. The number of benzene rings is 1. The molecule has 0 bridgehead atoms. The highest BCUT2D eigenvalue weighted by atomic mass is 79.9. The fourth-order valence-corrected chi connectivity index (χ4v) is 1.25. The second-order valence-corrected chi connectivity index (χ2v) is 3.61. The predicted molar refractivity (Wildman–Crippen MR) is 57.9 cm³/mol. The monoisotopic (exact) mass is 258 g/mol. The summed E-state index contributed by atoms with van der Waals surface area (Å²) < 4.78 is 6.10. The molecule has 76 valence electrons. The molecule has 0 fully saturated rings. The lowest BCUT2D eigenvalue weighted by molar-refractivity contribution is -0.118. The van der Waals surface area contributed by atoms with E-state index in [-0.39, 0.29) is 18.9 Å². The summed E-state index contributed by atoms with van der Waals surface area (Å²) in [4.78, 5) is 10.4. The zero-order valence-corrected chi connectivity index (χ0v) is 9.08. The number of amides is 1. The first kappa shape index (κ1) is 10.8. The molecule has 0 aliphatic rings. The van der Waals surface area contributed by atoms with Gasteiger partial charge >= 0.3 is 0 Å². The van der Waals surface area contributed by atoms with E-state index in [9.17, 15) is 4.79 Å². The highest BCUT2D eigenvalue weighted by Crippen LogP contribution is 2.26. The Labute approximate surface area is 90.3 Å². The zero-order chi connectivity index (χ0) is 10.6. The summed E-state index contributed by atoms with van der Waals surface area (Å²) >= 11 is 3.30. The van der Waals surface area contributed by atoms with Gasteiger partial charge in [-0.3, -0.25) is 4.79 Å². The van der Waals surface area contributed by atoms with Crippen molar-refractivity contribution < 1.29 is 9.53 Å². The van der Waals surface area contributed by atoms with Gasteiger partial charge in [0.25, 0.3) is 0 Å². The Bertz CT molecular complexity index is 342. The Balaban J connectivity index is 2.57. The molecule has 0 unspecified atom stereocenters. The molecule has 4 nitrogen and oxygen atoms in total. The first-order chi connectivity index (χ1) is 6.59. The van der Waals surface area contributed by atoms with Crippen LogP contribution in [0.5, 0.6) is 5.75 Å². The third-order valence-corrected chi connectivity index (χ3v) is 2.22. The number of carbonyl (C=O) groups excluding carboxylic acids is 1. The second-order valence-electron chi connectivity index (χ2n) is 2.75. The van der Waals surface area contributed by atoms with E-state index in [1.54, 1.807) is 18.2 Å². The summed E-state index contributed by atoms with van der Waals surface area (Å²) in [7, 11) is 0. The van der Waals surface area contributed by atoms with Gasteiger partial charge in [0.15, 0.2) is 0 Å². The van der Waals surface area contributed by atoms with Crippen molar-refractivity contribution in [2.45, 2.75) is 6.42 Å². The van der Waals surface area contributed by atoms with E-state index in [0.717, 1.165) is 4.47 Å². The fraction of sp³-hybridized carbons (Fsp3) is 0.222. The minimum atomic E-state index is -0.384. The Morgan fingerprint density at radius 1 is 1.50 bits per heavy atom. The molecule has 0 spiro atoms. The van der Waals surface area contributed by atoms with Crippen LogP contribution in [0.15, 0.2) is 22.7 Å². The van der Waals surface area contributed by atoms with Crippen molar-refractivity contribution in [3.63, 3.8) is 0 Å². The van der Waals surface area contributed by atoms with Crippen LogP contribution in [0.3, 0.4) is 0 Å². The first-order valence-electron chi connectivity index (χ1n) is 4.05. The lowest BCUT2D eigenvalue weighted by atomic mass is 10.3. The summed E-state index contributed by atoms with van der Waals surface area (Å²) in [5, 5.41) is 0.